The minimum absolute atomic E-state index is 0.00269. The normalized spacial score (nSPS) is 12.2. The predicted octanol–water partition coefficient (Wildman–Crippen LogP) is 5.39. The van der Waals surface area contributed by atoms with Gasteiger partial charge in [0.15, 0.2) is 12.3 Å². The Balaban J connectivity index is 1.74. The molecule has 4 rings (SSSR count). The Labute approximate surface area is 213 Å². The summed E-state index contributed by atoms with van der Waals surface area (Å²) in [5.41, 5.74) is 3.02. The van der Waals surface area contributed by atoms with Crippen molar-refractivity contribution in [1.82, 2.24) is 24.0 Å². The number of benzene rings is 2. The number of halogens is 2. The van der Waals surface area contributed by atoms with Crippen molar-refractivity contribution in [2.75, 3.05) is 34.3 Å². The van der Waals surface area contributed by atoms with Crippen molar-refractivity contribution < 1.29 is 17.8 Å². The second-order valence-electron chi connectivity index (χ2n) is 8.60. The fourth-order valence-electron chi connectivity index (χ4n) is 4.22. The number of ether oxygens (including phenoxy) is 1. The molecule has 0 N–H and O–H groups in total. The van der Waals surface area contributed by atoms with Gasteiger partial charge in [0.25, 0.3) is 5.91 Å². The molecule has 2 heterocycles. The molecule has 1 amide bonds. The number of hydrogen-bond acceptors (Lipinski definition) is 6. The molecule has 36 heavy (non-hydrogen) atoms. The van der Waals surface area contributed by atoms with E-state index in [4.69, 9.17) is 4.74 Å². The van der Waals surface area contributed by atoms with Crippen molar-refractivity contribution in [3.8, 4) is 16.9 Å². The Hall–Kier alpha value is -3.50. The standard InChI is InChI=1S/C26H27F2N5O2S/c1-5-35-24-12-18(9-10-21(24)17-7-6-8-20(27)11-17)26(34)32(4)23(16-31(2)3)22-15-29-13-19-14-30-33(36-28)25(19)22/h6-15,23H,5,16H2,1-4H3. The van der Waals surface area contributed by atoms with Gasteiger partial charge in [0.1, 0.15) is 11.6 Å². The van der Waals surface area contributed by atoms with Crippen LogP contribution in [0.4, 0.5) is 8.28 Å². The molecule has 4 aromatic rings. The summed E-state index contributed by atoms with van der Waals surface area (Å²) in [7, 11) is 5.52. The molecule has 1 unspecified atom stereocenters. The van der Waals surface area contributed by atoms with E-state index in [-0.39, 0.29) is 24.1 Å². The molecule has 0 bridgehead atoms. The molecule has 0 fully saturated rings. The van der Waals surface area contributed by atoms with Gasteiger partial charge in [0.05, 0.1) is 24.4 Å². The van der Waals surface area contributed by atoms with Gasteiger partial charge in [-0.25, -0.2) is 4.39 Å². The van der Waals surface area contributed by atoms with Crippen LogP contribution < -0.4 is 4.74 Å². The number of pyridine rings is 1. The van der Waals surface area contributed by atoms with Crippen molar-refractivity contribution in [2.45, 2.75) is 13.0 Å². The van der Waals surface area contributed by atoms with Crippen LogP contribution in [0.15, 0.2) is 61.1 Å². The van der Waals surface area contributed by atoms with Crippen LogP contribution in [0.3, 0.4) is 0 Å². The third-order valence-electron chi connectivity index (χ3n) is 5.88. The number of carbonyl (C=O) groups is 1. The highest BCUT2D eigenvalue weighted by Crippen LogP contribution is 2.34. The van der Waals surface area contributed by atoms with Crippen molar-refractivity contribution in [3.63, 3.8) is 0 Å². The summed E-state index contributed by atoms with van der Waals surface area (Å²) in [6, 6.07) is 10.9. The number of carbonyl (C=O) groups excluding carboxylic acids is 1. The van der Waals surface area contributed by atoms with Gasteiger partial charge in [-0.3, -0.25) is 9.78 Å². The van der Waals surface area contributed by atoms with Crippen LogP contribution in [0.2, 0.25) is 0 Å². The fraction of sp³-hybridized carbons (Fsp3) is 0.269. The van der Waals surface area contributed by atoms with E-state index in [1.807, 2.05) is 25.9 Å². The van der Waals surface area contributed by atoms with Crippen LogP contribution in [0, 0.1) is 5.82 Å². The summed E-state index contributed by atoms with van der Waals surface area (Å²) >= 11 is -0.00269. The molecule has 188 valence electrons. The van der Waals surface area contributed by atoms with Gasteiger partial charge in [-0.1, -0.05) is 12.1 Å². The Morgan fingerprint density at radius 2 is 1.94 bits per heavy atom. The summed E-state index contributed by atoms with van der Waals surface area (Å²) in [5.74, 6) is -0.110. The van der Waals surface area contributed by atoms with Gasteiger partial charge in [0, 0.05) is 48.1 Å². The lowest BCUT2D eigenvalue weighted by molar-refractivity contribution is 0.0705. The molecule has 0 radical (unpaired) electrons. The zero-order valence-corrected chi connectivity index (χ0v) is 21.3. The zero-order chi connectivity index (χ0) is 25.8. The first-order valence-corrected chi connectivity index (χ1v) is 12.1. The van der Waals surface area contributed by atoms with Crippen molar-refractivity contribution in [2.24, 2.45) is 0 Å². The molecule has 0 saturated heterocycles. The minimum atomic E-state index is -0.440. The Morgan fingerprint density at radius 3 is 2.64 bits per heavy atom. The topological polar surface area (TPSA) is 63.5 Å². The number of aromatic nitrogens is 3. The van der Waals surface area contributed by atoms with Gasteiger partial charge in [0.2, 0.25) is 0 Å². The molecular weight excluding hydrogens is 484 g/mol. The first kappa shape index (κ1) is 25.6. The largest absolute Gasteiger partial charge is 0.493 e. The van der Waals surface area contributed by atoms with Gasteiger partial charge >= 0.3 is 0 Å². The van der Waals surface area contributed by atoms with E-state index in [2.05, 4.69) is 10.1 Å². The van der Waals surface area contributed by atoms with E-state index in [9.17, 15) is 13.1 Å². The molecule has 0 saturated carbocycles. The maximum atomic E-state index is 13.8. The smallest absolute Gasteiger partial charge is 0.254 e. The lowest BCUT2D eigenvalue weighted by Crippen LogP contribution is -2.37. The number of likely N-dealkylation sites (N-methyl/N-ethyl adjacent to an activating group) is 2. The van der Waals surface area contributed by atoms with E-state index in [0.717, 1.165) is 0 Å². The lowest BCUT2D eigenvalue weighted by Gasteiger charge is -2.31. The minimum Gasteiger partial charge on any atom is -0.493 e. The van der Waals surface area contributed by atoms with E-state index in [1.54, 1.807) is 60.9 Å². The molecule has 0 aliphatic heterocycles. The highest BCUT2D eigenvalue weighted by molar-refractivity contribution is 7.92. The molecular formula is C26H27F2N5O2S. The van der Waals surface area contributed by atoms with Gasteiger partial charge < -0.3 is 14.5 Å². The summed E-state index contributed by atoms with van der Waals surface area (Å²) in [4.78, 5) is 21.6. The number of nitrogens with zero attached hydrogens (tertiary/aromatic N) is 5. The lowest BCUT2D eigenvalue weighted by atomic mass is 10.0. The third kappa shape index (κ3) is 5.19. The maximum Gasteiger partial charge on any atom is 0.254 e. The van der Waals surface area contributed by atoms with Crippen LogP contribution in [0.25, 0.3) is 22.0 Å². The maximum absolute atomic E-state index is 13.8. The average Bonchev–Trinajstić information content (AvgIpc) is 3.30. The van der Waals surface area contributed by atoms with Crippen LogP contribution in [0.5, 0.6) is 5.75 Å². The highest BCUT2D eigenvalue weighted by Gasteiger charge is 2.28. The number of hydrogen-bond donors (Lipinski definition) is 0. The molecule has 0 spiro atoms. The Kier molecular flexibility index (Phi) is 7.85. The van der Waals surface area contributed by atoms with E-state index >= 15 is 0 Å². The average molecular weight is 512 g/mol. The SMILES string of the molecule is CCOc1cc(C(=O)N(C)C(CN(C)C)c2cncc3cnn(SF)c23)ccc1-c1cccc(F)c1. The Bertz CT molecular complexity index is 1380. The molecule has 2 aromatic carbocycles. The summed E-state index contributed by atoms with van der Waals surface area (Å²) in [6.07, 6.45) is 4.81. The van der Waals surface area contributed by atoms with Gasteiger partial charge in [-0.05, 0) is 56.9 Å². The second kappa shape index (κ2) is 11.0. The van der Waals surface area contributed by atoms with E-state index in [0.29, 0.717) is 52.1 Å². The third-order valence-corrected chi connectivity index (χ3v) is 6.29. The van der Waals surface area contributed by atoms with Crippen LogP contribution in [-0.4, -0.2) is 64.2 Å². The highest BCUT2D eigenvalue weighted by atomic mass is 32.2. The molecule has 2 aromatic heterocycles. The van der Waals surface area contributed by atoms with Crippen LogP contribution in [0.1, 0.15) is 28.9 Å². The van der Waals surface area contributed by atoms with Crippen LogP contribution >= 0.6 is 12.3 Å². The monoisotopic (exact) mass is 511 g/mol. The van der Waals surface area contributed by atoms with E-state index in [1.165, 1.54) is 16.2 Å². The predicted molar refractivity (Wildman–Crippen MR) is 138 cm³/mol. The number of fused-ring (bicyclic) bond motifs is 1. The summed E-state index contributed by atoms with van der Waals surface area (Å²) in [5, 5.41) is 4.76. The summed E-state index contributed by atoms with van der Waals surface area (Å²) < 4.78 is 34.5. The van der Waals surface area contributed by atoms with E-state index < -0.39 is 6.04 Å². The molecule has 1 atom stereocenters. The molecule has 10 heteroatoms. The number of rotatable bonds is 9. The van der Waals surface area contributed by atoms with Crippen molar-refractivity contribution >= 4 is 29.1 Å². The first-order valence-electron chi connectivity index (χ1n) is 11.4. The molecule has 0 aliphatic rings. The van der Waals surface area contributed by atoms with Crippen molar-refractivity contribution in [1.29, 1.82) is 0 Å². The second-order valence-corrected chi connectivity index (χ2v) is 9.09. The van der Waals surface area contributed by atoms with Gasteiger partial charge in [-0.15, -0.1) is 3.89 Å². The zero-order valence-electron chi connectivity index (χ0n) is 20.5. The van der Waals surface area contributed by atoms with Gasteiger partial charge in [-0.2, -0.15) is 9.19 Å². The quantitative estimate of drug-likeness (QED) is 0.300. The van der Waals surface area contributed by atoms with Crippen molar-refractivity contribution in [3.05, 3.63) is 78.0 Å². The molecule has 0 aliphatic carbocycles. The molecule has 7 nitrogen and oxygen atoms in total. The number of amides is 1. The van der Waals surface area contributed by atoms with Crippen LogP contribution in [-0.2, 0) is 0 Å². The summed E-state index contributed by atoms with van der Waals surface area (Å²) in [6.45, 7) is 2.71. The Morgan fingerprint density at radius 1 is 1.14 bits per heavy atom. The fourth-order valence-corrected chi connectivity index (χ4v) is 4.58. The first-order chi connectivity index (χ1) is 17.3.